The molecule has 0 atom stereocenters. The van der Waals surface area contributed by atoms with Gasteiger partial charge in [-0.3, -0.25) is 14.3 Å². The average Bonchev–Trinajstić information content (AvgIpc) is 3.22. The molecular formula is C27H25N7O2. The molecule has 1 aromatic carbocycles. The summed E-state index contributed by atoms with van der Waals surface area (Å²) in [6.07, 6.45) is 4.83. The van der Waals surface area contributed by atoms with Crippen LogP contribution >= 0.6 is 0 Å². The van der Waals surface area contributed by atoms with E-state index in [9.17, 15) is 9.59 Å². The maximum absolute atomic E-state index is 12.7. The van der Waals surface area contributed by atoms with Crippen LogP contribution in [0.2, 0.25) is 0 Å². The van der Waals surface area contributed by atoms with Gasteiger partial charge >= 0.3 is 0 Å². The van der Waals surface area contributed by atoms with E-state index in [1.54, 1.807) is 31.5 Å². The molecular weight excluding hydrogens is 454 g/mol. The summed E-state index contributed by atoms with van der Waals surface area (Å²) in [6.45, 7) is 3.58. The number of nitrogens with two attached hydrogens (primary N) is 1. The van der Waals surface area contributed by atoms with Gasteiger partial charge < -0.3 is 16.4 Å². The number of pyridine rings is 2. The molecule has 36 heavy (non-hydrogen) atoms. The molecule has 0 saturated heterocycles. The lowest BCUT2D eigenvalue weighted by atomic mass is 9.86. The Morgan fingerprint density at radius 3 is 2.56 bits per heavy atom. The molecule has 9 heteroatoms. The lowest BCUT2D eigenvalue weighted by Crippen LogP contribution is -2.44. The number of fused-ring (bicyclic) bond motifs is 1. The number of hydrogen-bond acceptors (Lipinski definition) is 6. The zero-order valence-corrected chi connectivity index (χ0v) is 19.9. The third-order valence-corrected chi connectivity index (χ3v) is 6.26. The number of carbonyl (C=O) groups excluding carboxylic acids is 2. The standard InChI is InChI=1S/C27H25N7O2/c1-3-4-23(35)31-19-14-20(15-19)34-21-10-12-30-26(28)24(21)25(33-34)17-5-7-18(8-6-17)27(36)32-22-13-16(2)9-11-29-22/h5-13,19-20H,14-15H2,1-2H3,(H2,28,30)(H,31,35)(H,29,32,36)/t19-,20+. The van der Waals surface area contributed by atoms with Crippen molar-refractivity contribution in [2.45, 2.75) is 38.8 Å². The molecule has 4 N–H and O–H groups in total. The molecule has 2 amide bonds. The highest BCUT2D eigenvalue weighted by Crippen LogP contribution is 2.38. The fourth-order valence-electron chi connectivity index (χ4n) is 4.41. The van der Waals surface area contributed by atoms with Crippen LogP contribution in [0.15, 0.2) is 54.9 Å². The SMILES string of the molecule is CC#CC(=O)N[C@H]1C[C@@H](n2nc(-c3ccc(C(=O)Nc4cc(C)ccn4)cc3)c3c(N)nccc32)C1. The van der Waals surface area contributed by atoms with Crippen molar-refractivity contribution in [2.75, 3.05) is 11.1 Å². The summed E-state index contributed by atoms with van der Waals surface area (Å²) in [5.74, 6) is 5.51. The van der Waals surface area contributed by atoms with E-state index >= 15 is 0 Å². The van der Waals surface area contributed by atoms with Gasteiger partial charge in [0.05, 0.1) is 16.9 Å². The maximum atomic E-state index is 12.7. The minimum atomic E-state index is -0.261. The number of amides is 2. The van der Waals surface area contributed by atoms with Gasteiger partial charge in [0.25, 0.3) is 11.8 Å². The van der Waals surface area contributed by atoms with Crippen LogP contribution in [0.1, 0.15) is 41.7 Å². The highest BCUT2D eigenvalue weighted by Gasteiger charge is 2.34. The molecule has 0 spiro atoms. The largest absolute Gasteiger partial charge is 0.383 e. The Balaban J connectivity index is 1.39. The van der Waals surface area contributed by atoms with E-state index in [1.807, 2.05) is 41.9 Å². The lowest BCUT2D eigenvalue weighted by molar-refractivity contribution is -0.117. The Hall–Kier alpha value is -4.71. The summed E-state index contributed by atoms with van der Waals surface area (Å²) < 4.78 is 1.96. The van der Waals surface area contributed by atoms with Gasteiger partial charge in [0.15, 0.2) is 0 Å². The van der Waals surface area contributed by atoms with Crippen molar-refractivity contribution in [3.8, 4) is 23.1 Å². The van der Waals surface area contributed by atoms with E-state index in [0.717, 1.165) is 34.9 Å². The number of nitrogens with one attached hydrogen (secondary N) is 2. The number of rotatable bonds is 5. The van der Waals surface area contributed by atoms with Crippen molar-refractivity contribution in [3.63, 3.8) is 0 Å². The lowest BCUT2D eigenvalue weighted by Gasteiger charge is -2.35. The summed E-state index contributed by atoms with van der Waals surface area (Å²) in [4.78, 5) is 32.9. The summed E-state index contributed by atoms with van der Waals surface area (Å²) in [6, 6.07) is 13.0. The molecule has 0 unspecified atom stereocenters. The van der Waals surface area contributed by atoms with Crippen LogP contribution in [0.3, 0.4) is 0 Å². The Labute approximate surface area is 208 Å². The number of nitrogen functional groups attached to an aromatic ring is 1. The average molecular weight is 480 g/mol. The van der Waals surface area contributed by atoms with E-state index in [4.69, 9.17) is 10.8 Å². The van der Waals surface area contributed by atoms with Crippen molar-refractivity contribution < 1.29 is 9.59 Å². The Bertz CT molecular complexity index is 1520. The van der Waals surface area contributed by atoms with Crippen LogP contribution in [0, 0.1) is 18.8 Å². The Kier molecular flexibility index (Phi) is 6.09. The first-order chi connectivity index (χ1) is 17.4. The predicted octanol–water partition coefficient (Wildman–Crippen LogP) is 3.48. The minimum Gasteiger partial charge on any atom is -0.383 e. The highest BCUT2D eigenvalue weighted by atomic mass is 16.2. The van der Waals surface area contributed by atoms with E-state index in [2.05, 4.69) is 32.4 Å². The first kappa shape index (κ1) is 23.1. The third kappa shape index (κ3) is 4.49. The van der Waals surface area contributed by atoms with Crippen LogP contribution in [0.5, 0.6) is 0 Å². The van der Waals surface area contributed by atoms with Gasteiger partial charge in [-0.05, 0) is 68.5 Å². The summed E-state index contributed by atoms with van der Waals surface area (Å²) in [5.41, 5.74) is 10.2. The zero-order chi connectivity index (χ0) is 25.2. The van der Waals surface area contributed by atoms with Crippen molar-refractivity contribution in [3.05, 3.63) is 66.0 Å². The summed E-state index contributed by atoms with van der Waals surface area (Å²) in [7, 11) is 0. The second kappa shape index (κ2) is 9.50. The van der Waals surface area contributed by atoms with Gasteiger partial charge in [-0.15, -0.1) is 0 Å². The van der Waals surface area contributed by atoms with Crippen LogP contribution in [-0.2, 0) is 4.79 Å². The molecule has 4 aromatic rings. The molecule has 0 aliphatic heterocycles. The molecule has 0 radical (unpaired) electrons. The molecule has 180 valence electrons. The van der Waals surface area contributed by atoms with Gasteiger partial charge in [-0.25, -0.2) is 9.97 Å². The number of hydrogen-bond donors (Lipinski definition) is 3. The molecule has 3 heterocycles. The molecule has 3 aromatic heterocycles. The second-order valence-corrected chi connectivity index (χ2v) is 8.80. The molecule has 9 nitrogen and oxygen atoms in total. The Morgan fingerprint density at radius 1 is 1.08 bits per heavy atom. The fourth-order valence-corrected chi connectivity index (χ4v) is 4.41. The molecule has 5 rings (SSSR count). The van der Waals surface area contributed by atoms with Gasteiger partial charge in [0, 0.05) is 29.6 Å². The first-order valence-electron chi connectivity index (χ1n) is 11.6. The van der Waals surface area contributed by atoms with E-state index < -0.39 is 0 Å². The number of aryl methyl sites for hydroxylation is 1. The van der Waals surface area contributed by atoms with Crippen LogP contribution in [0.25, 0.3) is 22.2 Å². The topological polar surface area (TPSA) is 128 Å². The van der Waals surface area contributed by atoms with Crippen LogP contribution < -0.4 is 16.4 Å². The van der Waals surface area contributed by atoms with E-state index in [0.29, 0.717) is 22.9 Å². The number of benzene rings is 1. The first-order valence-corrected chi connectivity index (χ1v) is 11.6. The monoisotopic (exact) mass is 479 g/mol. The minimum absolute atomic E-state index is 0.0610. The van der Waals surface area contributed by atoms with Gasteiger partial charge in [0.2, 0.25) is 0 Å². The van der Waals surface area contributed by atoms with Gasteiger partial charge in [0.1, 0.15) is 17.3 Å². The van der Waals surface area contributed by atoms with Crippen LogP contribution in [-0.4, -0.2) is 37.6 Å². The van der Waals surface area contributed by atoms with Crippen molar-refractivity contribution in [2.24, 2.45) is 0 Å². The van der Waals surface area contributed by atoms with E-state index in [1.165, 1.54) is 0 Å². The normalized spacial score (nSPS) is 16.5. The van der Waals surface area contributed by atoms with Crippen molar-refractivity contribution in [1.82, 2.24) is 25.1 Å². The zero-order valence-electron chi connectivity index (χ0n) is 19.9. The maximum Gasteiger partial charge on any atom is 0.296 e. The number of anilines is 2. The quantitative estimate of drug-likeness (QED) is 0.376. The highest BCUT2D eigenvalue weighted by molar-refractivity contribution is 6.05. The van der Waals surface area contributed by atoms with Crippen molar-refractivity contribution >= 4 is 34.4 Å². The van der Waals surface area contributed by atoms with Crippen molar-refractivity contribution in [1.29, 1.82) is 0 Å². The number of aromatic nitrogens is 4. The second-order valence-electron chi connectivity index (χ2n) is 8.80. The predicted molar refractivity (Wildman–Crippen MR) is 138 cm³/mol. The molecule has 1 aliphatic rings. The summed E-state index contributed by atoms with van der Waals surface area (Å²) >= 11 is 0. The molecule has 1 aliphatic carbocycles. The Morgan fingerprint density at radius 2 is 1.83 bits per heavy atom. The molecule has 0 bridgehead atoms. The third-order valence-electron chi connectivity index (χ3n) is 6.26. The number of carbonyl (C=O) groups is 2. The molecule has 1 fully saturated rings. The fraction of sp³-hybridized carbons (Fsp3) is 0.222. The van der Waals surface area contributed by atoms with E-state index in [-0.39, 0.29) is 23.9 Å². The van der Waals surface area contributed by atoms with Gasteiger partial charge in [-0.2, -0.15) is 5.10 Å². The van der Waals surface area contributed by atoms with Gasteiger partial charge in [-0.1, -0.05) is 18.1 Å². The van der Waals surface area contributed by atoms with Crippen LogP contribution in [0.4, 0.5) is 11.6 Å². The smallest absolute Gasteiger partial charge is 0.296 e. The number of nitrogens with zero attached hydrogens (tertiary/aromatic N) is 4. The molecule has 1 saturated carbocycles. The summed E-state index contributed by atoms with van der Waals surface area (Å²) in [5, 5.41) is 11.4.